The maximum absolute atomic E-state index is 6.15. The summed E-state index contributed by atoms with van der Waals surface area (Å²) < 4.78 is 10.7. The molecule has 2 aromatic carbocycles. The molecule has 3 nitrogen and oxygen atoms in total. The van der Waals surface area contributed by atoms with Crippen LogP contribution in [0.1, 0.15) is 23.6 Å². The van der Waals surface area contributed by atoms with Crippen molar-refractivity contribution in [3.05, 3.63) is 47.5 Å². The summed E-state index contributed by atoms with van der Waals surface area (Å²) in [5.41, 5.74) is 11.2. The third-order valence-electron chi connectivity index (χ3n) is 4.01. The van der Waals surface area contributed by atoms with Gasteiger partial charge in [-0.15, -0.1) is 0 Å². The van der Waals surface area contributed by atoms with Gasteiger partial charge in [0.2, 0.25) is 0 Å². The minimum Gasteiger partial charge on any atom is -0.493 e. The van der Waals surface area contributed by atoms with Gasteiger partial charge < -0.3 is 15.2 Å². The van der Waals surface area contributed by atoms with Gasteiger partial charge in [0.1, 0.15) is 0 Å². The van der Waals surface area contributed by atoms with Crippen LogP contribution in [0.3, 0.4) is 0 Å². The number of nitrogens with two attached hydrogens (primary N) is 1. The van der Waals surface area contributed by atoms with Crippen LogP contribution in [0.5, 0.6) is 11.5 Å². The van der Waals surface area contributed by atoms with Crippen LogP contribution in [0.2, 0.25) is 0 Å². The van der Waals surface area contributed by atoms with Crippen LogP contribution >= 0.6 is 0 Å². The maximum atomic E-state index is 6.15. The van der Waals surface area contributed by atoms with Gasteiger partial charge in [-0.3, -0.25) is 0 Å². The van der Waals surface area contributed by atoms with Crippen molar-refractivity contribution in [3.63, 3.8) is 0 Å². The Morgan fingerprint density at radius 3 is 2.60 bits per heavy atom. The average Bonchev–Trinajstić information content (AvgIpc) is 2.88. The van der Waals surface area contributed by atoms with E-state index in [9.17, 15) is 0 Å². The predicted molar refractivity (Wildman–Crippen MR) is 80.2 cm³/mol. The van der Waals surface area contributed by atoms with E-state index in [1.807, 2.05) is 12.1 Å². The monoisotopic (exact) mass is 269 g/mol. The van der Waals surface area contributed by atoms with Crippen LogP contribution in [-0.4, -0.2) is 14.2 Å². The molecule has 0 bridgehead atoms. The number of hydrogen-bond acceptors (Lipinski definition) is 3. The number of rotatable bonds is 3. The van der Waals surface area contributed by atoms with Crippen LogP contribution in [0.4, 0.5) is 0 Å². The molecule has 3 heteroatoms. The van der Waals surface area contributed by atoms with Crippen molar-refractivity contribution in [2.24, 2.45) is 5.73 Å². The summed E-state index contributed by atoms with van der Waals surface area (Å²) >= 11 is 0. The highest BCUT2D eigenvalue weighted by atomic mass is 16.5. The summed E-state index contributed by atoms with van der Waals surface area (Å²) in [6, 6.07) is 12.6. The predicted octanol–water partition coefficient (Wildman–Crippen LogP) is 3.32. The molecule has 0 radical (unpaired) electrons. The highest BCUT2D eigenvalue weighted by molar-refractivity contribution is 5.72. The molecule has 0 spiro atoms. The Hall–Kier alpha value is -2.00. The lowest BCUT2D eigenvalue weighted by atomic mass is 9.96. The fraction of sp³-hybridized carbons (Fsp3) is 0.294. The molecule has 0 fully saturated rings. The second kappa shape index (κ2) is 5.17. The van der Waals surface area contributed by atoms with E-state index in [-0.39, 0.29) is 6.04 Å². The van der Waals surface area contributed by atoms with Gasteiger partial charge in [-0.1, -0.05) is 24.3 Å². The largest absolute Gasteiger partial charge is 0.493 e. The maximum Gasteiger partial charge on any atom is 0.161 e. The summed E-state index contributed by atoms with van der Waals surface area (Å²) in [6.45, 7) is 0. The minimum atomic E-state index is 0.171. The molecular weight excluding hydrogens is 250 g/mol. The molecular formula is C17H19NO2. The highest BCUT2D eigenvalue weighted by Gasteiger charge is 2.22. The van der Waals surface area contributed by atoms with E-state index in [1.54, 1.807) is 14.2 Å². The number of fused-ring (bicyclic) bond motifs is 1. The van der Waals surface area contributed by atoms with Gasteiger partial charge in [0, 0.05) is 6.04 Å². The van der Waals surface area contributed by atoms with Crippen molar-refractivity contribution in [2.75, 3.05) is 14.2 Å². The zero-order valence-corrected chi connectivity index (χ0v) is 11.8. The summed E-state index contributed by atoms with van der Waals surface area (Å²) in [5, 5.41) is 0. The molecule has 1 aliphatic rings. The van der Waals surface area contributed by atoms with Crippen molar-refractivity contribution in [1.82, 2.24) is 0 Å². The zero-order chi connectivity index (χ0) is 14.1. The highest BCUT2D eigenvalue weighted by Crippen LogP contribution is 2.39. The third kappa shape index (κ3) is 2.04. The van der Waals surface area contributed by atoms with Gasteiger partial charge in [-0.25, -0.2) is 0 Å². The Morgan fingerprint density at radius 1 is 1.05 bits per heavy atom. The van der Waals surface area contributed by atoms with Crippen molar-refractivity contribution < 1.29 is 9.47 Å². The number of methoxy groups -OCH3 is 2. The molecule has 0 saturated heterocycles. The van der Waals surface area contributed by atoms with E-state index < -0.39 is 0 Å². The first kappa shape index (κ1) is 13.0. The Labute approximate surface area is 119 Å². The fourth-order valence-electron chi connectivity index (χ4n) is 2.96. The van der Waals surface area contributed by atoms with Crippen LogP contribution in [0, 0.1) is 0 Å². The standard InChI is InChI=1S/C17H19NO2/c1-19-16-9-6-11(10-17(16)20-2)12-4-3-5-14-13(12)7-8-15(14)18/h3-6,9-10,15H,7-8,18H2,1-2H3. The van der Waals surface area contributed by atoms with Gasteiger partial charge in [0.25, 0.3) is 0 Å². The van der Waals surface area contributed by atoms with Crippen LogP contribution in [0.25, 0.3) is 11.1 Å². The Balaban J connectivity index is 2.11. The lowest BCUT2D eigenvalue weighted by Crippen LogP contribution is -2.04. The first-order valence-corrected chi connectivity index (χ1v) is 6.84. The molecule has 3 rings (SSSR count). The van der Waals surface area contributed by atoms with Crippen molar-refractivity contribution >= 4 is 0 Å². The first-order valence-electron chi connectivity index (χ1n) is 6.84. The molecule has 2 aromatic rings. The lowest BCUT2D eigenvalue weighted by Gasteiger charge is -2.13. The van der Waals surface area contributed by atoms with Gasteiger partial charge in [-0.2, -0.15) is 0 Å². The molecule has 104 valence electrons. The number of benzene rings is 2. The van der Waals surface area contributed by atoms with Crippen molar-refractivity contribution in [3.8, 4) is 22.6 Å². The molecule has 2 N–H and O–H groups in total. The summed E-state index contributed by atoms with van der Waals surface area (Å²) in [7, 11) is 3.31. The average molecular weight is 269 g/mol. The van der Waals surface area contributed by atoms with Crippen LogP contribution in [-0.2, 0) is 6.42 Å². The van der Waals surface area contributed by atoms with E-state index in [1.165, 1.54) is 16.7 Å². The normalized spacial score (nSPS) is 16.9. The summed E-state index contributed by atoms with van der Waals surface area (Å²) in [6.07, 6.45) is 2.07. The molecule has 0 amide bonds. The summed E-state index contributed by atoms with van der Waals surface area (Å²) in [4.78, 5) is 0. The fourth-order valence-corrected chi connectivity index (χ4v) is 2.96. The van der Waals surface area contributed by atoms with Gasteiger partial charge in [0.15, 0.2) is 11.5 Å². The van der Waals surface area contributed by atoms with Crippen molar-refractivity contribution in [2.45, 2.75) is 18.9 Å². The molecule has 0 aromatic heterocycles. The molecule has 1 unspecified atom stereocenters. The lowest BCUT2D eigenvalue weighted by molar-refractivity contribution is 0.355. The van der Waals surface area contributed by atoms with Crippen LogP contribution < -0.4 is 15.2 Å². The molecule has 0 heterocycles. The quantitative estimate of drug-likeness (QED) is 0.929. The third-order valence-corrected chi connectivity index (χ3v) is 4.01. The van der Waals surface area contributed by atoms with E-state index in [2.05, 4.69) is 24.3 Å². The molecule has 1 atom stereocenters. The second-order valence-electron chi connectivity index (χ2n) is 5.09. The second-order valence-corrected chi connectivity index (χ2v) is 5.09. The van der Waals surface area contributed by atoms with E-state index in [0.717, 1.165) is 29.9 Å². The topological polar surface area (TPSA) is 44.5 Å². The zero-order valence-electron chi connectivity index (χ0n) is 11.8. The summed E-state index contributed by atoms with van der Waals surface area (Å²) in [5.74, 6) is 1.51. The SMILES string of the molecule is COc1ccc(-c2cccc3c2CCC3N)cc1OC. The molecule has 20 heavy (non-hydrogen) atoms. The molecule has 0 saturated carbocycles. The van der Waals surface area contributed by atoms with Crippen LogP contribution in [0.15, 0.2) is 36.4 Å². The minimum absolute atomic E-state index is 0.171. The van der Waals surface area contributed by atoms with E-state index >= 15 is 0 Å². The van der Waals surface area contributed by atoms with Gasteiger partial charge in [-0.05, 0) is 47.2 Å². The van der Waals surface area contributed by atoms with Crippen molar-refractivity contribution in [1.29, 1.82) is 0 Å². The smallest absolute Gasteiger partial charge is 0.161 e. The first-order chi connectivity index (χ1) is 9.74. The molecule has 0 aliphatic heterocycles. The Morgan fingerprint density at radius 2 is 1.85 bits per heavy atom. The Bertz CT molecular complexity index is 637. The van der Waals surface area contributed by atoms with Gasteiger partial charge in [0.05, 0.1) is 14.2 Å². The van der Waals surface area contributed by atoms with E-state index in [4.69, 9.17) is 15.2 Å². The number of hydrogen-bond donors (Lipinski definition) is 1. The Kier molecular flexibility index (Phi) is 3.36. The molecule has 1 aliphatic carbocycles. The van der Waals surface area contributed by atoms with Gasteiger partial charge >= 0.3 is 0 Å². The number of ether oxygens (including phenoxy) is 2. The van der Waals surface area contributed by atoms with E-state index in [0.29, 0.717) is 0 Å².